The van der Waals surface area contributed by atoms with Crippen molar-refractivity contribution in [2.24, 2.45) is 4.99 Å². The molecule has 7 nitrogen and oxygen atoms in total. The number of aromatic nitrogens is 1. The first-order chi connectivity index (χ1) is 14.2. The third kappa shape index (κ3) is 5.76. The summed E-state index contributed by atoms with van der Waals surface area (Å²) in [5, 5.41) is 6.71. The molecule has 1 aromatic carbocycles. The highest BCUT2D eigenvalue weighted by molar-refractivity contribution is 5.79. The third-order valence-corrected chi connectivity index (χ3v) is 4.91. The average Bonchev–Trinajstić information content (AvgIpc) is 3.30. The normalized spacial score (nSPS) is 14.0. The Balaban J connectivity index is 1.63. The molecule has 0 saturated carbocycles. The molecule has 1 saturated heterocycles. The monoisotopic (exact) mass is 397 g/mol. The molecule has 2 aromatic rings. The second-order valence-corrected chi connectivity index (χ2v) is 6.95. The van der Waals surface area contributed by atoms with Crippen LogP contribution in [0.2, 0.25) is 0 Å². The minimum atomic E-state index is 0.547. The molecule has 156 valence electrons. The molecular weight excluding hydrogens is 366 g/mol. The van der Waals surface area contributed by atoms with Gasteiger partial charge < -0.3 is 25.0 Å². The first-order valence-corrected chi connectivity index (χ1v) is 10.2. The van der Waals surface area contributed by atoms with E-state index in [0.717, 1.165) is 42.7 Å². The van der Waals surface area contributed by atoms with Gasteiger partial charge in [-0.15, -0.1) is 0 Å². The summed E-state index contributed by atoms with van der Waals surface area (Å²) in [6, 6.07) is 10.1. The van der Waals surface area contributed by atoms with Crippen molar-refractivity contribution in [3.05, 3.63) is 47.7 Å². The Labute approximate surface area is 173 Å². The van der Waals surface area contributed by atoms with Gasteiger partial charge in [-0.2, -0.15) is 0 Å². The number of nitrogens with zero attached hydrogens (tertiary/aromatic N) is 3. The molecule has 0 spiro atoms. The molecule has 1 aliphatic rings. The number of hydrogen-bond acceptors (Lipinski definition) is 5. The number of hydrogen-bond donors (Lipinski definition) is 2. The summed E-state index contributed by atoms with van der Waals surface area (Å²) in [6.07, 6.45) is 4.38. The van der Waals surface area contributed by atoms with E-state index >= 15 is 0 Å². The highest BCUT2D eigenvalue weighted by atomic mass is 16.5. The van der Waals surface area contributed by atoms with Crippen molar-refractivity contribution >= 4 is 11.8 Å². The average molecular weight is 398 g/mol. The van der Waals surface area contributed by atoms with Crippen LogP contribution in [0.15, 0.2) is 41.5 Å². The number of pyridine rings is 1. The van der Waals surface area contributed by atoms with E-state index in [1.165, 1.54) is 18.4 Å². The van der Waals surface area contributed by atoms with Crippen molar-refractivity contribution in [1.82, 2.24) is 15.6 Å². The second kappa shape index (κ2) is 10.5. The lowest BCUT2D eigenvalue weighted by Crippen LogP contribution is -2.36. The van der Waals surface area contributed by atoms with Crippen LogP contribution in [0.1, 0.15) is 30.9 Å². The summed E-state index contributed by atoms with van der Waals surface area (Å²) in [4.78, 5) is 11.6. The van der Waals surface area contributed by atoms with E-state index in [0.29, 0.717) is 18.8 Å². The van der Waals surface area contributed by atoms with Crippen LogP contribution in [-0.4, -0.2) is 44.8 Å². The number of benzene rings is 1. The molecule has 29 heavy (non-hydrogen) atoms. The second-order valence-electron chi connectivity index (χ2n) is 6.95. The zero-order valence-corrected chi connectivity index (χ0v) is 17.6. The minimum Gasteiger partial charge on any atom is -0.493 e. The van der Waals surface area contributed by atoms with Crippen molar-refractivity contribution in [1.29, 1.82) is 0 Å². The molecule has 0 atom stereocenters. The van der Waals surface area contributed by atoms with Crippen molar-refractivity contribution < 1.29 is 9.47 Å². The lowest BCUT2D eigenvalue weighted by atomic mass is 10.2. The minimum absolute atomic E-state index is 0.547. The highest BCUT2D eigenvalue weighted by Gasteiger charge is 2.13. The van der Waals surface area contributed by atoms with Crippen molar-refractivity contribution in [3.8, 4) is 11.5 Å². The number of methoxy groups -OCH3 is 2. The number of guanidine groups is 1. The third-order valence-electron chi connectivity index (χ3n) is 4.91. The number of nitrogens with one attached hydrogen (secondary N) is 2. The molecule has 0 bridgehead atoms. The topological polar surface area (TPSA) is 71.0 Å². The Morgan fingerprint density at radius 2 is 1.83 bits per heavy atom. The lowest BCUT2D eigenvalue weighted by Gasteiger charge is -2.17. The van der Waals surface area contributed by atoms with E-state index in [1.54, 1.807) is 14.2 Å². The quantitative estimate of drug-likeness (QED) is 0.527. The molecule has 3 rings (SSSR count). The molecule has 1 aliphatic heterocycles. The van der Waals surface area contributed by atoms with E-state index in [-0.39, 0.29) is 0 Å². The molecule has 2 heterocycles. The summed E-state index contributed by atoms with van der Waals surface area (Å²) < 4.78 is 10.7. The highest BCUT2D eigenvalue weighted by Crippen LogP contribution is 2.27. The van der Waals surface area contributed by atoms with Gasteiger partial charge in [0.1, 0.15) is 5.82 Å². The van der Waals surface area contributed by atoms with Crippen molar-refractivity contribution in [2.75, 3.05) is 38.8 Å². The van der Waals surface area contributed by atoms with Gasteiger partial charge in [-0.05, 0) is 55.2 Å². The van der Waals surface area contributed by atoms with Crippen molar-refractivity contribution in [3.63, 3.8) is 0 Å². The fraction of sp³-hybridized carbons (Fsp3) is 0.455. The van der Waals surface area contributed by atoms with Gasteiger partial charge in [0.15, 0.2) is 17.5 Å². The van der Waals surface area contributed by atoms with Gasteiger partial charge in [-0.1, -0.05) is 6.07 Å². The molecule has 2 N–H and O–H groups in total. The van der Waals surface area contributed by atoms with E-state index in [2.05, 4.69) is 33.5 Å². The van der Waals surface area contributed by atoms with Crippen LogP contribution < -0.4 is 25.0 Å². The largest absolute Gasteiger partial charge is 0.493 e. The SMILES string of the molecule is CCNC(=NCc1ccc(OC)c(OC)c1)NCc1ccnc(N2CCCC2)c1. The fourth-order valence-electron chi connectivity index (χ4n) is 3.37. The Bertz CT molecular complexity index is 819. The first kappa shape index (κ1) is 20.8. The first-order valence-electron chi connectivity index (χ1n) is 10.2. The molecule has 0 unspecified atom stereocenters. The maximum absolute atomic E-state index is 5.38. The van der Waals surface area contributed by atoms with Gasteiger partial charge >= 0.3 is 0 Å². The van der Waals surface area contributed by atoms with Crippen LogP contribution in [0.25, 0.3) is 0 Å². The van der Waals surface area contributed by atoms with Crippen LogP contribution in [-0.2, 0) is 13.1 Å². The molecule has 7 heteroatoms. The molecule has 1 aromatic heterocycles. The lowest BCUT2D eigenvalue weighted by molar-refractivity contribution is 0.354. The zero-order chi connectivity index (χ0) is 20.5. The maximum atomic E-state index is 5.38. The molecule has 0 aliphatic carbocycles. The number of aliphatic imine (C=N–C) groups is 1. The van der Waals surface area contributed by atoms with Crippen LogP contribution in [0, 0.1) is 0 Å². The molecule has 0 amide bonds. The number of ether oxygens (including phenoxy) is 2. The van der Waals surface area contributed by atoms with Gasteiger partial charge in [0.2, 0.25) is 0 Å². The van der Waals surface area contributed by atoms with E-state index in [4.69, 9.17) is 14.5 Å². The Morgan fingerprint density at radius 1 is 1.03 bits per heavy atom. The standard InChI is InChI=1S/C22H31N5O2/c1-4-23-22(25-15-17-7-8-19(28-2)20(13-17)29-3)26-16-18-9-10-24-21(14-18)27-11-5-6-12-27/h7-10,13-14H,4-6,11-12,15-16H2,1-3H3,(H2,23,25,26). The van der Waals surface area contributed by atoms with Crippen LogP contribution in [0.4, 0.5) is 5.82 Å². The zero-order valence-electron chi connectivity index (χ0n) is 17.6. The van der Waals surface area contributed by atoms with E-state index < -0.39 is 0 Å². The molecule has 0 radical (unpaired) electrons. The number of rotatable bonds is 8. The van der Waals surface area contributed by atoms with Gasteiger partial charge in [0.05, 0.1) is 20.8 Å². The summed E-state index contributed by atoms with van der Waals surface area (Å²) in [7, 11) is 3.28. The fourth-order valence-corrected chi connectivity index (χ4v) is 3.37. The Morgan fingerprint density at radius 3 is 2.55 bits per heavy atom. The summed E-state index contributed by atoms with van der Waals surface area (Å²) in [6.45, 7) is 6.30. The predicted octanol–water partition coefficient (Wildman–Crippen LogP) is 2.95. The number of anilines is 1. The summed E-state index contributed by atoms with van der Waals surface area (Å²) in [5.41, 5.74) is 2.25. The Kier molecular flexibility index (Phi) is 7.55. The van der Waals surface area contributed by atoms with Crippen LogP contribution in [0.5, 0.6) is 11.5 Å². The summed E-state index contributed by atoms with van der Waals surface area (Å²) >= 11 is 0. The van der Waals surface area contributed by atoms with Gasteiger partial charge in [-0.25, -0.2) is 9.98 Å². The molecular formula is C22H31N5O2. The van der Waals surface area contributed by atoms with E-state index in [1.807, 2.05) is 30.5 Å². The van der Waals surface area contributed by atoms with Crippen LogP contribution in [0.3, 0.4) is 0 Å². The molecule has 1 fully saturated rings. The van der Waals surface area contributed by atoms with Gasteiger partial charge in [0, 0.05) is 32.4 Å². The van der Waals surface area contributed by atoms with Crippen LogP contribution >= 0.6 is 0 Å². The predicted molar refractivity (Wildman–Crippen MR) is 117 cm³/mol. The smallest absolute Gasteiger partial charge is 0.191 e. The van der Waals surface area contributed by atoms with Gasteiger partial charge in [0.25, 0.3) is 0 Å². The Hall–Kier alpha value is -2.96. The summed E-state index contributed by atoms with van der Waals surface area (Å²) in [5.74, 6) is 3.28. The van der Waals surface area contributed by atoms with Crippen molar-refractivity contribution in [2.45, 2.75) is 32.9 Å². The maximum Gasteiger partial charge on any atom is 0.191 e. The van der Waals surface area contributed by atoms with E-state index in [9.17, 15) is 0 Å². The van der Waals surface area contributed by atoms with Gasteiger partial charge in [-0.3, -0.25) is 0 Å².